The van der Waals surface area contributed by atoms with Crippen LogP contribution in [0.4, 0.5) is 4.79 Å². The van der Waals surface area contributed by atoms with Gasteiger partial charge in [0.2, 0.25) is 0 Å². The number of likely N-dealkylation sites (tertiary alicyclic amines) is 1. The number of nitrogens with zero attached hydrogens (tertiary/aromatic N) is 3. The van der Waals surface area contributed by atoms with Crippen LogP contribution < -0.4 is 0 Å². The van der Waals surface area contributed by atoms with Crippen LogP contribution in [0.2, 0.25) is 0 Å². The smallest absolute Gasteiger partial charge is 0.320 e. The van der Waals surface area contributed by atoms with Gasteiger partial charge in [0, 0.05) is 45.8 Å². The fourth-order valence-corrected chi connectivity index (χ4v) is 3.28. The third kappa shape index (κ3) is 3.87. The van der Waals surface area contributed by atoms with E-state index in [1.54, 1.807) is 4.90 Å². The Hall–Kier alpha value is -1.30. The minimum absolute atomic E-state index is 0.00907. The summed E-state index contributed by atoms with van der Waals surface area (Å²) >= 11 is 0. The summed E-state index contributed by atoms with van der Waals surface area (Å²) < 4.78 is 0. The molecule has 6 heteroatoms. The summed E-state index contributed by atoms with van der Waals surface area (Å²) in [5.74, 6) is -0.535. The largest absolute Gasteiger partial charge is 0.481 e. The first kappa shape index (κ1) is 16.1. The first-order valence-electron chi connectivity index (χ1n) is 7.87. The van der Waals surface area contributed by atoms with Gasteiger partial charge >= 0.3 is 12.0 Å². The highest BCUT2D eigenvalue weighted by atomic mass is 16.4. The van der Waals surface area contributed by atoms with E-state index in [1.165, 1.54) is 0 Å². The Bertz CT molecular complexity index is 392. The average molecular weight is 297 g/mol. The lowest BCUT2D eigenvalue weighted by Gasteiger charge is -2.37. The predicted molar refractivity (Wildman–Crippen MR) is 80.1 cm³/mol. The Kier molecular flexibility index (Phi) is 5.08. The van der Waals surface area contributed by atoms with Crippen molar-refractivity contribution in [3.8, 4) is 0 Å². The summed E-state index contributed by atoms with van der Waals surface area (Å²) in [5.41, 5.74) is 0. The highest BCUT2D eigenvalue weighted by Crippen LogP contribution is 2.24. The van der Waals surface area contributed by atoms with Gasteiger partial charge in [0.05, 0.1) is 5.92 Å². The van der Waals surface area contributed by atoms with Crippen molar-refractivity contribution < 1.29 is 14.7 Å². The summed E-state index contributed by atoms with van der Waals surface area (Å²) in [6.45, 7) is 11.6. The van der Waals surface area contributed by atoms with E-state index < -0.39 is 11.9 Å². The molecule has 0 spiro atoms. The fourth-order valence-electron chi connectivity index (χ4n) is 3.28. The molecule has 2 saturated heterocycles. The number of carboxylic acids is 1. The molecule has 2 rings (SSSR count). The molecular formula is C15H27N3O3. The molecule has 0 aromatic rings. The van der Waals surface area contributed by atoms with Crippen LogP contribution in [-0.2, 0) is 4.79 Å². The Morgan fingerprint density at radius 2 is 1.71 bits per heavy atom. The number of carboxylic acid groups (broad SMARTS) is 1. The fraction of sp³-hybridized carbons (Fsp3) is 0.867. The molecule has 120 valence electrons. The first-order valence-corrected chi connectivity index (χ1v) is 7.87. The number of carbonyl (C=O) groups is 2. The van der Waals surface area contributed by atoms with Crippen LogP contribution in [0.5, 0.6) is 0 Å². The summed E-state index contributed by atoms with van der Waals surface area (Å²) in [5, 5.41) is 9.15. The lowest BCUT2D eigenvalue weighted by molar-refractivity contribution is -0.142. The van der Waals surface area contributed by atoms with Gasteiger partial charge in [-0.3, -0.25) is 9.69 Å². The molecule has 0 aliphatic carbocycles. The number of urea groups is 1. The summed E-state index contributed by atoms with van der Waals surface area (Å²) in [4.78, 5) is 29.6. The van der Waals surface area contributed by atoms with Crippen LogP contribution in [0.15, 0.2) is 0 Å². The lowest BCUT2D eigenvalue weighted by Crippen LogP contribution is -2.53. The second-order valence-corrected chi connectivity index (χ2v) is 6.79. The molecule has 0 saturated carbocycles. The first-order chi connectivity index (χ1) is 9.88. The molecule has 1 N–H and O–H groups in total. The van der Waals surface area contributed by atoms with Gasteiger partial charge in [0.1, 0.15) is 0 Å². The van der Waals surface area contributed by atoms with Crippen molar-refractivity contribution in [3.63, 3.8) is 0 Å². The van der Waals surface area contributed by atoms with Crippen LogP contribution in [0, 0.1) is 17.8 Å². The van der Waals surface area contributed by atoms with Crippen LogP contribution in [0.1, 0.15) is 20.8 Å². The number of amides is 2. The van der Waals surface area contributed by atoms with E-state index in [-0.39, 0.29) is 11.9 Å². The zero-order chi connectivity index (χ0) is 15.6. The van der Waals surface area contributed by atoms with Crippen molar-refractivity contribution in [3.05, 3.63) is 0 Å². The molecule has 2 aliphatic rings. The summed E-state index contributed by atoms with van der Waals surface area (Å²) in [6.07, 6.45) is 0. The molecule has 2 heterocycles. The molecule has 2 fully saturated rings. The van der Waals surface area contributed by atoms with Gasteiger partial charge in [0.15, 0.2) is 0 Å². The topological polar surface area (TPSA) is 64.1 Å². The highest BCUT2D eigenvalue weighted by molar-refractivity contribution is 5.77. The Morgan fingerprint density at radius 1 is 1.10 bits per heavy atom. The SMILES string of the molecule is CC(C)CN1CCN(C(=O)N2C[C@@H](C)[C@H](C(=O)O)C2)CC1. The second-order valence-electron chi connectivity index (χ2n) is 6.79. The van der Waals surface area contributed by atoms with E-state index in [2.05, 4.69) is 18.7 Å². The van der Waals surface area contributed by atoms with Crippen molar-refractivity contribution >= 4 is 12.0 Å². The minimum atomic E-state index is -0.792. The van der Waals surface area contributed by atoms with Crippen LogP contribution >= 0.6 is 0 Å². The molecule has 2 aliphatic heterocycles. The number of piperazine rings is 1. The Labute approximate surface area is 126 Å². The van der Waals surface area contributed by atoms with E-state index >= 15 is 0 Å². The number of hydrogen-bond acceptors (Lipinski definition) is 3. The molecule has 0 aromatic carbocycles. The predicted octanol–water partition coefficient (Wildman–Crippen LogP) is 1.03. The highest BCUT2D eigenvalue weighted by Gasteiger charge is 2.38. The van der Waals surface area contributed by atoms with Gasteiger partial charge in [-0.1, -0.05) is 20.8 Å². The molecular weight excluding hydrogens is 270 g/mol. The van der Waals surface area contributed by atoms with Crippen molar-refractivity contribution in [1.82, 2.24) is 14.7 Å². The molecule has 21 heavy (non-hydrogen) atoms. The van der Waals surface area contributed by atoms with Crippen molar-refractivity contribution in [2.24, 2.45) is 17.8 Å². The zero-order valence-corrected chi connectivity index (χ0v) is 13.3. The van der Waals surface area contributed by atoms with Gasteiger partial charge in [0.25, 0.3) is 0 Å². The monoisotopic (exact) mass is 297 g/mol. The third-order valence-electron chi connectivity index (χ3n) is 4.47. The maximum absolute atomic E-state index is 12.5. The van der Waals surface area contributed by atoms with E-state index in [9.17, 15) is 9.59 Å². The molecule has 0 bridgehead atoms. The van der Waals surface area contributed by atoms with Crippen molar-refractivity contribution in [2.45, 2.75) is 20.8 Å². The van der Waals surface area contributed by atoms with Gasteiger partial charge < -0.3 is 14.9 Å². The molecule has 2 atom stereocenters. The standard InChI is InChI=1S/C15H27N3O3/c1-11(2)8-16-4-6-17(7-5-16)15(21)18-9-12(3)13(10-18)14(19)20/h11-13H,4-10H2,1-3H3,(H,19,20)/t12-,13-/m1/s1. The zero-order valence-electron chi connectivity index (χ0n) is 13.3. The molecule has 2 amide bonds. The molecule has 6 nitrogen and oxygen atoms in total. The number of rotatable bonds is 3. The Morgan fingerprint density at radius 3 is 2.19 bits per heavy atom. The molecule has 0 unspecified atom stereocenters. The number of carbonyl (C=O) groups excluding carboxylic acids is 1. The van der Waals surface area contributed by atoms with Gasteiger partial charge in [-0.2, -0.15) is 0 Å². The van der Waals surface area contributed by atoms with Crippen LogP contribution in [0.3, 0.4) is 0 Å². The quantitative estimate of drug-likeness (QED) is 0.845. The normalized spacial score (nSPS) is 27.4. The summed E-state index contributed by atoms with van der Waals surface area (Å²) in [6, 6.07) is 0.00907. The summed E-state index contributed by atoms with van der Waals surface area (Å²) in [7, 11) is 0. The van der Waals surface area contributed by atoms with Crippen molar-refractivity contribution in [2.75, 3.05) is 45.8 Å². The third-order valence-corrected chi connectivity index (χ3v) is 4.47. The van der Waals surface area contributed by atoms with Crippen molar-refractivity contribution in [1.29, 1.82) is 0 Å². The lowest BCUT2D eigenvalue weighted by atomic mass is 9.99. The van der Waals surface area contributed by atoms with Crippen LogP contribution in [-0.4, -0.2) is 77.6 Å². The van der Waals surface area contributed by atoms with Crippen LogP contribution in [0.25, 0.3) is 0 Å². The number of hydrogen-bond donors (Lipinski definition) is 1. The Balaban J connectivity index is 1.84. The minimum Gasteiger partial charge on any atom is -0.481 e. The van der Waals surface area contributed by atoms with Gasteiger partial charge in [-0.15, -0.1) is 0 Å². The van der Waals surface area contributed by atoms with E-state index in [1.807, 2.05) is 11.8 Å². The van der Waals surface area contributed by atoms with E-state index in [4.69, 9.17) is 5.11 Å². The average Bonchev–Trinajstić information content (AvgIpc) is 2.80. The molecule has 0 aromatic heterocycles. The van der Waals surface area contributed by atoms with Gasteiger partial charge in [-0.25, -0.2) is 4.79 Å². The van der Waals surface area contributed by atoms with Gasteiger partial charge in [-0.05, 0) is 11.8 Å². The maximum atomic E-state index is 12.5. The number of aliphatic carboxylic acids is 1. The maximum Gasteiger partial charge on any atom is 0.320 e. The van der Waals surface area contributed by atoms with E-state index in [0.29, 0.717) is 19.0 Å². The second kappa shape index (κ2) is 6.64. The molecule has 0 radical (unpaired) electrons. The van der Waals surface area contributed by atoms with E-state index in [0.717, 1.165) is 32.7 Å².